The molecule has 0 saturated heterocycles. The Morgan fingerprint density at radius 3 is 1.92 bits per heavy atom. The molecule has 0 rings (SSSR count). The van der Waals surface area contributed by atoms with Crippen LogP contribution in [-0.2, 0) is 26.6 Å². The lowest BCUT2D eigenvalue weighted by molar-refractivity contribution is -0.139. The molecule has 10 heteroatoms. The van der Waals surface area contributed by atoms with Gasteiger partial charge in [-0.1, -0.05) is 6.58 Å². The molecule has 0 aliphatic heterocycles. The first-order valence-electron chi connectivity index (χ1n) is 9.05. The van der Waals surface area contributed by atoms with Gasteiger partial charge in [0.05, 0.1) is 6.61 Å². The van der Waals surface area contributed by atoms with Crippen molar-refractivity contribution in [3.63, 3.8) is 0 Å². The second-order valence-corrected chi connectivity index (χ2v) is 22.8. The molecule has 0 aliphatic rings. The first-order valence-corrected chi connectivity index (χ1v) is 20.2. The summed E-state index contributed by atoms with van der Waals surface area (Å²) in [6.07, 6.45) is 1.94. The van der Waals surface area contributed by atoms with Crippen molar-refractivity contribution in [2.24, 2.45) is 0 Å². The Balaban J connectivity index is 4.72. The number of carbonyl (C=O) groups is 1. The molecule has 1 radical (unpaired) electrons. The van der Waals surface area contributed by atoms with E-state index < -0.39 is 40.4 Å². The number of carbonyl (C=O) groups excluding carboxylic acids is 1. The van der Waals surface area contributed by atoms with E-state index in [0.29, 0.717) is 13.2 Å². The summed E-state index contributed by atoms with van der Waals surface area (Å²) in [5, 5.41) is 0. The Bertz CT molecular complexity index is 415. The van der Waals surface area contributed by atoms with Crippen LogP contribution >= 0.6 is 0 Å². The zero-order valence-corrected chi connectivity index (χ0v) is 21.8. The third-order valence-electron chi connectivity index (χ3n) is 2.69. The molecule has 0 N–H and O–H groups in total. The Labute approximate surface area is 164 Å². The molecule has 0 aromatic rings. The number of hydrogen-bond acceptors (Lipinski definition) is 6. The highest BCUT2D eigenvalue weighted by Gasteiger charge is 2.47. The van der Waals surface area contributed by atoms with Crippen LogP contribution in [0, 0.1) is 0 Å². The molecule has 0 saturated carbocycles. The fourth-order valence-electron chi connectivity index (χ4n) is 2.21. The van der Waals surface area contributed by atoms with Gasteiger partial charge in [-0.2, -0.15) is 0 Å². The second kappa shape index (κ2) is 11.7. The van der Waals surface area contributed by atoms with Crippen molar-refractivity contribution in [3.8, 4) is 0 Å². The number of rotatable bonds is 14. The van der Waals surface area contributed by atoms with Crippen LogP contribution in [-0.4, -0.2) is 60.3 Å². The first kappa shape index (κ1) is 25.9. The van der Waals surface area contributed by atoms with Crippen molar-refractivity contribution in [2.45, 2.75) is 64.8 Å². The van der Waals surface area contributed by atoms with Crippen LogP contribution in [0.15, 0.2) is 12.7 Å². The average molecular weight is 438 g/mol. The third-order valence-corrected chi connectivity index (χ3v) is 13.9. The summed E-state index contributed by atoms with van der Waals surface area (Å²) in [5.74, 6) is -0.430. The van der Waals surface area contributed by atoms with Gasteiger partial charge in [-0.15, -0.1) is 0 Å². The highest BCUT2D eigenvalue weighted by molar-refractivity contribution is 6.87. The summed E-state index contributed by atoms with van der Waals surface area (Å²) in [7, 11) is -7.31. The Morgan fingerprint density at radius 1 is 0.962 bits per heavy atom. The summed E-state index contributed by atoms with van der Waals surface area (Å²) >= 11 is 0. The summed E-state index contributed by atoms with van der Waals surface area (Å²) in [6, 6.07) is 0.754. The molecule has 0 aliphatic carbocycles. The molecule has 0 spiro atoms. The maximum Gasteiger partial charge on any atom is 0.469 e. The quantitative estimate of drug-likeness (QED) is 0.177. The van der Waals surface area contributed by atoms with E-state index in [-0.39, 0.29) is 6.61 Å². The average Bonchev–Trinajstić information content (AvgIpc) is 2.41. The molecule has 0 aromatic heterocycles. The monoisotopic (exact) mass is 437 g/mol. The van der Waals surface area contributed by atoms with E-state index in [0.717, 1.165) is 18.5 Å². The molecule has 153 valence electrons. The van der Waals surface area contributed by atoms with Crippen LogP contribution in [0.25, 0.3) is 0 Å². The van der Waals surface area contributed by atoms with Gasteiger partial charge in [0.1, 0.15) is 6.61 Å². The van der Waals surface area contributed by atoms with Gasteiger partial charge >= 0.3 is 14.8 Å². The van der Waals surface area contributed by atoms with Crippen LogP contribution in [0.4, 0.5) is 0 Å². The summed E-state index contributed by atoms with van der Waals surface area (Å²) in [4.78, 5) is 11.0. The molecular formula is C16H37O6Si4. The molecule has 0 atom stereocenters. The van der Waals surface area contributed by atoms with Crippen LogP contribution in [0.3, 0.4) is 0 Å². The highest BCUT2D eigenvalue weighted by atomic mass is 28.5. The fourth-order valence-corrected chi connectivity index (χ4v) is 15.6. The lowest BCUT2D eigenvalue weighted by Gasteiger charge is -2.40. The molecule has 0 fully saturated rings. The first-order chi connectivity index (χ1) is 11.8. The van der Waals surface area contributed by atoms with E-state index in [2.05, 4.69) is 59.0 Å². The Hall–Kier alpha value is -0.0825. The maximum atomic E-state index is 11.0. The van der Waals surface area contributed by atoms with Crippen molar-refractivity contribution in [1.82, 2.24) is 0 Å². The normalized spacial score (nSPS) is 13.1. The maximum absolute atomic E-state index is 11.0. The minimum Gasteiger partial charge on any atom is -0.460 e. The molecule has 0 heterocycles. The second-order valence-electron chi connectivity index (χ2n) is 8.21. The lowest BCUT2D eigenvalue weighted by Crippen LogP contribution is -2.58. The van der Waals surface area contributed by atoms with Gasteiger partial charge in [0.25, 0.3) is 0 Å². The van der Waals surface area contributed by atoms with E-state index in [1.54, 1.807) is 0 Å². The molecule has 0 unspecified atom stereocenters. The number of hydrogen-bond donors (Lipinski definition) is 0. The topological polar surface area (TPSA) is 63.2 Å². The summed E-state index contributed by atoms with van der Waals surface area (Å²) in [5.41, 5.74) is 0. The Kier molecular flexibility index (Phi) is 11.7. The van der Waals surface area contributed by atoms with Gasteiger partial charge in [-0.05, 0) is 58.8 Å². The minimum absolute atomic E-state index is 0.234. The largest absolute Gasteiger partial charge is 0.469 e. The summed E-state index contributed by atoms with van der Waals surface area (Å²) in [6.45, 7) is 21.8. The lowest BCUT2D eigenvalue weighted by atomic mass is 10.5. The zero-order chi connectivity index (χ0) is 20.4. The van der Waals surface area contributed by atoms with Crippen molar-refractivity contribution >= 4 is 40.4 Å². The molecule has 0 bridgehead atoms. The molecule has 26 heavy (non-hydrogen) atoms. The number of ether oxygens (including phenoxy) is 2. The van der Waals surface area contributed by atoms with Crippen molar-refractivity contribution in [3.05, 3.63) is 12.7 Å². The van der Waals surface area contributed by atoms with E-state index in [1.807, 2.05) is 0 Å². The zero-order valence-electron chi connectivity index (χ0n) is 17.8. The predicted octanol–water partition coefficient (Wildman–Crippen LogP) is 4.03. The van der Waals surface area contributed by atoms with Crippen molar-refractivity contribution in [1.29, 1.82) is 0 Å². The van der Waals surface area contributed by atoms with Gasteiger partial charge < -0.3 is 21.8 Å². The van der Waals surface area contributed by atoms with Crippen molar-refractivity contribution in [2.75, 3.05) is 19.8 Å². The van der Waals surface area contributed by atoms with Gasteiger partial charge in [-0.25, -0.2) is 4.79 Å². The van der Waals surface area contributed by atoms with Gasteiger partial charge in [0.15, 0.2) is 25.7 Å². The minimum atomic E-state index is -2.73. The van der Waals surface area contributed by atoms with Crippen LogP contribution in [0.2, 0.25) is 58.4 Å². The van der Waals surface area contributed by atoms with E-state index in [9.17, 15) is 4.79 Å². The van der Waals surface area contributed by atoms with Gasteiger partial charge in [-0.3, -0.25) is 0 Å². The third kappa shape index (κ3) is 14.0. The SMILES string of the molecule is C=CC(=O)OCCOCCC[Si](O[Si](C)C)(O[Si](C)(C)C)O[Si](C)(C)C. The smallest absolute Gasteiger partial charge is 0.460 e. The molecule has 6 nitrogen and oxygen atoms in total. The van der Waals surface area contributed by atoms with Gasteiger partial charge in [0.2, 0.25) is 0 Å². The number of esters is 1. The van der Waals surface area contributed by atoms with Crippen LogP contribution in [0.5, 0.6) is 0 Å². The predicted molar refractivity (Wildman–Crippen MR) is 115 cm³/mol. The molecule has 0 amide bonds. The van der Waals surface area contributed by atoms with E-state index >= 15 is 0 Å². The Morgan fingerprint density at radius 2 is 1.50 bits per heavy atom. The van der Waals surface area contributed by atoms with Crippen LogP contribution in [0.1, 0.15) is 6.42 Å². The molecule has 0 aromatic carbocycles. The van der Waals surface area contributed by atoms with E-state index in [1.165, 1.54) is 0 Å². The van der Waals surface area contributed by atoms with Crippen molar-refractivity contribution < 1.29 is 26.6 Å². The summed E-state index contributed by atoms with van der Waals surface area (Å²) < 4.78 is 29.9. The molecular weight excluding hydrogens is 401 g/mol. The van der Waals surface area contributed by atoms with Gasteiger partial charge in [0, 0.05) is 18.7 Å². The standard InChI is InChI=1S/C16H37O6Si4/c1-10-16(17)19-14-13-18-12-11-15-26(20-23(2)3,21-24(4,5)6)22-25(7,8)9/h10H,1,11-15H2,2-9H3. The van der Waals surface area contributed by atoms with E-state index in [4.69, 9.17) is 21.8 Å². The fraction of sp³-hybridized carbons (Fsp3) is 0.812. The van der Waals surface area contributed by atoms with Crippen LogP contribution < -0.4 is 0 Å². The highest BCUT2D eigenvalue weighted by Crippen LogP contribution is 2.27.